The van der Waals surface area contributed by atoms with Crippen LogP contribution in [0.1, 0.15) is 28.8 Å². The van der Waals surface area contributed by atoms with Crippen LogP contribution in [0.5, 0.6) is 11.5 Å². The van der Waals surface area contributed by atoms with Gasteiger partial charge in [-0.3, -0.25) is 4.79 Å². The van der Waals surface area contributed by atoms with Gasteiger partial charge in [-0.1, -0.05) is 0 Å². The lowest BCUT2D eigenvalue weighted by Crippen LogP contribution is -2.33. The number of carbonyl (C=O) groups excluding carboxylic acids is 1. The zero-order valence-corrected chi connectivity index (χ0v) is 14.7. The number of benzene rings is 1. The fraction of sp³-hybridized carbons (Fsp3) is 0.588. The number of ether oxygens (including phenoxy) is 2. The van der Waals surface area contributed by atoms with Gasteiger partial charge >= 0.3 is 0 Å². The van der Waals surface area contributed by atoms with Gasteiger partial charge in [-0.15, -0.1) is 12.4 Å². The number of methoxy groups -OCH3 is 2. The molecule has 3 unspecified atom stereocenters. The van der Waals surface area contributed by atoms with Gasteiger partial charge in [-0.05, 0) is 43.7 Å². The highest BCUT2D eigenvalue weighted by molar-refractivity contribution is 5.95. The van der Waals surface area contributed by atoms with Crippen molar-refractivity contribution in [2.24, 2.45) is 17.6 Å². The maximum atomic E-state index is 12.8. The van der Waals surface area contributed by atoms with Crippen LogP contribution in [-0.4, -0.2) is 44.2 Å². The van der Waals surface area contributed by atoms with Gasteiger partial charge in [0.1, 0.15) is 11.5 Å². The van der Waals surface area contributed by atoms with Crippen LogP contribution in [0.3, 0.4) is 0 Å². The van der Waals surface area contributed by atoms with Gasteiger partial charge in [0, 0.05) is 30.3 Å². The topological polar surface area (TPSA) is 64.8 Å². The molecular weight excluding hydrogens is 316 g/mol. The van der Waals surface area contributed by atoms with Gasteiger partial charge in [0.25, 0.3) is 5.91 Å². The Labute approximate surface area is 143 Å². The Kier molecular flexibility index (Phi) is 5.42. The van der Waals surface area contributed by atoms with E-state index in [0.29, 0.717) is 28.9 Å². The number of hydrogen-bond donors (Lipinski definition) is 1. The molecule has 0 spiro atoms. The van der Waals surface area contributed by atoms with Crippen molar-refractivity contribution in [1.82, 2.24) is 4.90 Å². The molecule has 2 aliphatic rings. The SMILES string of the molecule is COc1cc(C(=O)N2CC3CCC(N)C3C2)cc(OC)c1C.Cl. The third-order valence-electron chi connectivity index (χ3n) is 5.20. The van der Waals surface area contributed by atoms with Gasteiger partial charge in [-0.2, -0.15) is 0 Å². The second kappa shape index (κ2) is 6.97. The van der Waals surface area contributed by atoms with Crippen LogP contribution >= 0.6 is 12.4 Å². The summed E-state index contributed by atoms with van der Waals surface area (Å²) in [7, 11) is 3.21. The molecule has 0 radical (unpaired) electrons. The van der Waals surface area contributed by atoms with Crippen molar-refractivity contribution in [3.8, 4) is 11.5 Å². The minimum atomic E-state index is 0. The van der Waals surface area contributed by atoms with Crippen LogP contribution in [0.25, 0.3) is 0 Å². The Morgan fingerprint density at radius 2 is 1.78 bits per heavy atom. The lowest BCUT2D eigenvalue weighted by molar-refractivity contribution is 0.0779. The summed E-state index contributed by atoms with van der Waals surface area (Å²) >= 11 is 0. The summed E-state index contributed by atoms with van der Waals surface area (Å²) in [5, 5.41) is 0. The molecule has 2 fully saturated rings. The zero-order valence-electron chi connectivity index (χ0n) is 13.9. The summed E-state index contributed by atoms with van der Waals surface area (Å²) in [6.07, 6.45) is 2.22. The van der Waals surface area contributed by atoms with Crippen LogP contribution in [0.4, 0.5) is 0 Å². The quantitative estimate of drug-likeness (QED) is 0.916. The molecule has 6 heteroatoms. The van der Waals surface area contributed by atoms with Crippen molar-refractivity contribution in [2.45, 2.75) is 25.8 Å². The summed E-state index contributed by atoms with van der Waals surface area (Å²) in [6, 6.07) is 3.84. The molecule has 2 N–H and O–H groups in total. The Balaban J connectivity index is 0.00000192. The fourth-order valence-electron chi connectivity index (χ4n) is 3.87. The summed E-state index contributed by atoms with van der Waals surface area (Å²) in [5.41, 5.74) is 7.68. The number of nitrogens with two attached hydrogens (primary N) is 1. The third-order valence-corrected chi connectivity index (χ3v) is 5.20. The van der Waals surface area contributed by atoms with E-state index in [4.69, 9.17) is 15.2 Å². The van der Waals surface area contributed by atoms with E-state index < -0.39 is 0 Å². The molecule has 1 amide bonds. The molecule has 0 aromatic heterocycles. The Bertz CT molecular complexity index is 568. The second-order valence-corrected chi connectivity index (χ2v) is 6.38. The average Bonchev–Trinajstić information content (AvgIpc) is 3.09. The van der Waals surface area contributed by atoms with Crippen LogP contribution in [0, 0.1) is 18.8 Å². The monoisotopic (exact) mass is 340 g/mol. The Morgan fingerprint density at radius 1 is 1.17 bits per heavy atom. The summed E-state index contributed by atoms with van der Waals surface area (Å²) in [4.78, 5) is 14.7. The second-order valence-electron chi connectivity index (χ2n) is 6.38. The average molecular weight is 341 g/mol. The molecule has 3 atom stereocenters. The molecule has 3 rings (SSSR count). The van der Waals surface area contributed by atoms with Crippen LogP contribution in [-0.2, 0) is 0 Å². The van der Waals surface area contributed by atoms with Crippen LogP contribution < -0.4 is 15.2 Å². The molecule has 1 aliphatic carbocycles. The third kappa shape index (κ3) is 3.12. The van der Waals surface area contributed by atoms with Crippen molar-refractivity contribution in [3.05, 3.63) is 23.3 Å². The van der Waals surface area contributed by atoms with E-state index in [1.165, 1.54) is 0 Å². The Hall–Kier alpha value is -1.46. The first kappa shape index (κ1) is 17.9. The van der Waals surface area contributed by atoms with Crippen LogP contribution in [0.2, 0.25) is 0 Å². The number of hydrogen-bond acceptors (Lipinski definition) is 4. The van der Waals surface area contributed by atoms with E-state index in [0.717, 1.165) is 31.5 Å². The molecule has 1 aliphatic heterocycles. The van der Waals surface area contributed by atoms with Crippen LogP contribution in [0.15, 0.2) is 12.1 Å². The predicted octanol–water partition coefficient (Wildman–Crippen LogP) is 2.24. The summed E-state index contributed by atoms with van der Waals surface area (Å²) in [5.74, 6) is 2.42. The van der Waals surface area contributed by atoms with Gasteiger partial charge < -0.3 is 20.1 Å². The number of halogens is 1. The van der Waals surface area contributed by atoms with E-state index >= 15 is 0 Å². The van der Waals surface area contributed by atoms with Crippen molar-refractivity contribution in [2.75, 3.05) is 27.3 Å². The standard InChI is InChI=1S/C17H24N2O3.ClH/c1-10-15(21-2)6-12(7-16(10)22-3)17(20)19-8-11-4-5-14(18)13(11)9-19;/h6-7,11,13-14H,4-5,8-9,18H2,1-3H3;1H. The normalized spacial score (nSPS) is 25.7. The fourth-order valence-corrected chi connectivity index (χ4v) is 3.87. The van der Waals surface area contributed by atoms with E-state index in [1.807, 2.05) is 11.8 Å². The lowest BCUT2D eigenvalue weighted by Gasteiger charge is -2.20. The molecule has 1 heterocycles. The van der Waals surface area contributed by atoms with Crippen molar-refractivity contribution >= 4 is 18.3 Å². The minimum absolute atomic E-state index is 0. The Morgan fingerprint density at radius 3 is 2.30 bits per heavy atom. The smallest absolute Gasteiger partial charge is 0.254 e. The van der Waals surface area contributed by atoms with E-state index in [-0.39, 0.29) is 24.4 Å². The maximum Gasteiger partial charge on any atom is 0.254 e. The van der Waals surface area contributed by atoms with E-state index in [2.05, 4.69) is 0 Å². The molecule has 1 aromatic carbocycles. The first-order valence-corrected chi connectivity index (χ1v) is 7.82. The number of rotatable bonds is 3. The molecule has 23 heavy (non-hydrogen) atoms. The highest BCUT2D eigenvalue weighted by atomic mass is 35.5. The molecular formula is C17H25ClN2O3. The molecule has 1 aromatic rings. The zero-order chi connectivity index (χ0) is 15.9. The molecule has 1 saturated heterocycles. The first-order chi connectivity index (χ1) is 10.5. The van der Waals surface area contributed by atoms with Crippen molar-refractivity contribution in [3.63, 3.8) is 0 Å². The van der Waals surface area contributed by atoms with E-state index in [1.54, 1.807) is 26.4 Å². The number of fused-ring (bicyclic) bond motifs is 1. The molecule has 128 valence electrons. The van der Waals surface area contributed by atoms with Crippen molar-refractivity contribution in [1.29, 1.82) is 0 Å². The van der Waals surface area contributed by atoms with Crippen molar-refractivity contribution < 1.29 is 14.3 Å². The van der Waals surface area contributed by atoms with E-state index in [9.17, 15) is 4.79 Å². The lowest BCUT2D eigenvalue weighted by atomic mass is 9.98. The molecule has 1 saturated carbocycles. The molecule has 0 bridgehead atoms. The van der Waals surface area contributed by atoms with Gasteiger partial charge in [0.05, 0.1) is 14.2 Å². The summed E-state index contributed by atoms with van der Waals surface area (Å²) < 4.78 is 10.7. The first-order valence-electron chi connectivity index (χ1n) is 7.82. The highest BCUT2D eigenvalue weighted by Gasteiger charge is 2.42. The number of amides is 1. The number of likely N-dealkylation sites (tertiary alicyclic amines) is 1. The largest absolute Gasteiger partial charge is 0.496 e. The highest BCUT2D eigenvalue weighted by Crippen LogP contribution is 2.38. The van der Waals surface area contributed by atoms with Gasteiger partial charge in [0.15, 0.2) is 0 Å². The maximum absolute atomic E-state index is 12.8. The molecule has 5 nitrogen and oxygen atoms in total. The predicted molar refractivity (Wildman–Crippen MR) is 91.6 cm³/mol. The number of carbonyl (C=O) groups is 1. The number of nitrogens with zero attached hydrogens (tertiary/aromatic N) is 1. The van der Waals surface area contributed by atoms with Gasteiger partial charge in [-0.25, -0.2) is 0 Å². The van der Waals surface area contributed by atoms with Gasteiger partial charge in [0.2, 0.25) is 0 Å². The minimum Gasteiger partial charge on any atom is -0.496 e. The summed E-state index contributed by atoms with van der Waals surface area (Å²) in [6.45, 7) is 3.50.